The first kappa shape index (κ1) is 13.8. The Morgan fingerprint density at radius 2 is 2.32 bits per heavy atom. The molecule has 0 bridgehead atoms. The Labute approximate surface area is 114 Å². The van der Waals surface area contributed by atoms with E-state index in [9.17, 15) is 5.11 Å². The van der Waals surface area contributed by atoms with Gasteiger partial charge < -0.3 is 15.7 Å². The van der Waals surface area contributed by atoms with E-state index in [4.69, 9.17) is 11.1 Å². The molecular formula is C14H22N4O. The van der Waals surface area contributed by atoms with Crippen molar-refractivity contribution in [3.8, 4) is 0 Å². The summed E-state index contributed by atoms with van der Waals surface area (Å²) in [6.45, 7) is 2.92. The summed E-state index contributed by atoms with van der Waals surface area (Å²) in [6.07, 6.45) is 6.10. The van der Waals surface area contributed by atoms with Gasteiger partial charge in [0.05, 0.1) is 18.2 Å². The molecule has 5 nitrogen and oxygen atoms in total. The van der Waals surface area contributed by atoms with Crippen LogP contribution in [0.2, 0.25) is 0 Å². The molecule has 0 radical (unpaired) electrons. The van der Waals surface area contributed by atoms with Crippen LogP contribution in [0.25, 0.3) is 0 Å². The molecule has 1 aliphatic rings. The Balaban J connectivity index is 2.43. The van der Waals surface area contributed by atoms with E-state index in [0.717, 1.165) is 37.2 Å². The zero-order valence-electron chi connectivity index (χ0n) is 11.4. The van der Waals surface area contributed by atoms with Crippen molar-refractivity contribution in [3.63, 3.8) is 0 Å². The smallest absolute Gasteiger partial charge is 0.140 e. The second-order valence-corrected chi connectivity index (χ2v) is 5.12. The van der Waals surface area contributed by atoms with Crippen molar-refractivity contribution in [1.29, 1.82) is 5.41 Å². The highest BCUT2D eigenvalue weighted by molar-refractivity contribution is 6.01. The van der Waals surface area contributed by atoms with Gasteiger partial charge in [0, 0.05) is 12.7 Å². The molecule has 19 heavy (non-hydrogen) atoms. The molecule has 4 N–H and O–H groups in total. The number of pyridine rings is 1. The number of hydrogen-bond donors (Lipinski definition) is 3. The Kier molecular flexibility index (Phi) is 4.37. The lowest BCUT2D eigenvalue weighted by atomic mass is 10.1. The molecule has 1 atom stereocenters. The van der Waals surface area contributed by atoms with Crippen molar-refractivity contribution in [2.24, 2.45) is 5.73 Å². The molecule has 0 aliphatic carbocycles. The molecule has 5 heteroatoms. The molecule has 0 amide bonds. The fraction of sp³-hybridized carbons (Fsp3) is 0.571. The minimum atomic E-state index is 0.0431. The van der Waals surface area contributed by atoms with Crippen LogP contribution in [0.5, 0.6) is 0 Å². The zero-order valence-corrected chi connectivity index (χ0v) is 11.4. The third-order valence-corrected chi connectivity index (χ3v) is 3.77. The summed E-state index contributed by atoms with van der Waals surface area (Å²) in [5.74, 6) is 0.787. The van der Waals surface area contributed by atoms with E-state index in [2.05, 4.69) is 9.88 Å². The second-order valence-electron chi connectivity index (χ2n) is 5.12. The molecule has 1 aromatic rings. The van der Waals surface area contributed by atoms with Crippen molar-refractivity contribution in [1.82, 2.24) is 4.98 Å². The van der Waals surface area contributed by atoms with E-state index >= 15 is 0 Å². The Morgan fingerprint density at radius 1 is 1.53 bits per heavy atom. The normalized spacial score (nSPS) is 20.1. The van der Waals surface area contributed by atoms with Gasteiger partial charge in [-0.15, -0.1) is 0 Å². The van der Waals surface area contributed by atoms with Crippen molar-refractivity contribution in [3.05, 3.63) is 23.4 Å². The number of nitrogens with one attached hydrogen (secondary N) is 1. The molecule has 1 aromatic heterocycles. The Morgan fingerprint density at radius 3 is 3.00 bits per heavy atom. The molecule has 1 unspecified atom stereocenters. The van der Waals surface area contributed by atoms with Gasteiger partial charge in [-0.2, -0.15) is 0 Å². The number of nitrogens with two attached hydrogens (primary N) is 1. The lowest BCUT2D eigenvalue weighted by molar-refractivity contribution is 0.254. The fourth-order valence-electron chi connectivity index (χ4n) is 2.74. The topological polar surface area (TPSA) is 86.2 Å². The fourth-order valence-corrected chi connectivity index (χ4v) is 2.74. The highest BCUT2D eigenvalue weighted by atomic mass is 16.3. The van der Waals surface area contributed by atoms with E-state index in [0.29, 0.717) is 5.56 Å². The quantitative estimate of drug-likeness (QED) is 0.568. The largest absolute Gasteiger partial charge is 0.394 e. The third kappa shape index (κ3) is 2.87. The summed E-state index contributed by atoms with van der Waals surface area (Å²) in [4.78, 5) is 6.54. The van der Waals surface area contributed by atoms with Crippen molar-refractivity contribution >= 4 is 11.7 Å². The van der Waals surface area contributed by atoms with Crippen LogP contribution in [-0.2, 0) is 0 Å². The molecule has 0 spiro atoms. The minimum absolute atomic E-state index is 0.0431. The van der Waals surface area contributed by atoms with Crippen molar-refractivity contribution in [2.45, 2.75) is 38.6 Å². The number of nitrogen functional groups attached to an aromatic ring is 1. The van der Waals surface area contributed by atoms with Gasteiger partial charge in [-0.3, -0.25) is 5.41 Å². The predicted molar refractivity (Wildman–Crippen MR) is 76.7 cm³/mol. The molecule has 104 valence electrons. The van der Waals surface area contributed by atoms with E-state index < -0.39 is 0 Å². The second kappa shape index (κ2) is 6.02. The maximum Gasteiger partial charge on any atom is 0.140 e. The molecule has 0 aromatic carbocycles. The molecular weight excluding hydrogens is 240 g/mol. The summed E-state index contributed by atoms with van der Waals surface area (Å²) < 4.78 is 0. The first-order chi connectivity index (χ1) is 9.15. The summed E-state index contributed by atoms with van der Waals surface area (Å²) in [5, 5.41) is 17.4. The summed E-state index contributed by atoms with van der Waals surface area (Å²) in [5.41, 5.74) is 7.36. The van der Waals surface area contributed by atoms with E-state index in [1.54, 1.807) is 6.20 Å². The molecule has 0 saturated carbocycles. The highest BCUT2D eigenvalue weighted by Crippen LogP contribution is 2.26. The number of aryl methyl sites for hydroxylation is 1. The van der Waals surface area contributed by atoms with Crippen LogP contribution in [0.15, 0.2) is 12.3 Å². The standard InChI is InChI=1S/C14H22N4O/c1-10-6-7-17-14(12(10)13(15)16)18-8-4-2-3-5-11(18)9-19/h6-7,11,19H,2-5,8-9H2,1H3,(H3,15,16). The maximum atomic E-state index is 9.59. The Hall–Kier alpha value is -1.62. The molecule has 2 rings (SSSR count). The van der Waals surface area contributed by atoms with Gasteiger partial charge in [0.25, 0.3) is 0 Å². The number of aromatic nitrogens is 1. The van der Waals surface area contributed by atoms with Crippen LogP contribution in [-0.4, -0.2) is 35.1 Å². The number of aliphatic hydroxyl groups excluding tert-OH is 1. The average molecular weight is 262 g/mol. The van der Waals surface area contributed by atoms with Gasteiger partial charge in [0.15, 0.2) is 0 Å². The maximum absolute atomic E-state index is 9.59. The lowest BCUT2D eigenvalue weighted by Crippen LogP contribution is -2.39. The molecule has 2 heterocycles. The number of anilines is 1. The van der Waals surface area contributed by atoms with E-state index in [1.165, 1.54) is 6.42 Å². The number of rotatable bonds is 3. The van der Waals surface area contributed by atoms with Gasteiger partial charge in [-0.25, -0.2) is 4.98 Å². The Bertz CT molecular complexity index is 461. The summed E-state index contributed by atoms with van der Waals surface area (Å²) in [7, 11) is 0. The zero-order chi connectivity index (χ0) is 13.8. The number of nitrogens with zero attached hydrogens (tertiary/aromatic N) is 2. The molecule has 1 aliphatic heterocycles. The number of aliphatic hydroxyl groups is 1. The minimum Gasteiger partial charge on any atom is -0.394 e. The summed E-state index contributed by atoms with van der Waals surface area (Å²) >= 11 is 0. The molecule has 1 fully saturated rings. The van der Waals surface area contributed by atoms with Crippen LogP contribution in [0, 0.1) is 12.3 Å². The van der Waals surface area contributed by atoms with Gasteiger partial charge in [-0.1, -0.05) is 12.8 Å². The number of amidine groups is 1. The van der Waals surface area contributed by atoms with Crippen molar-refractivity contribution < 1.29 is 5.11 Å². The van der Waals surface area contributed by atoms with Crippen LogP contribution >= 0.6 is 0 Å². The summed E-state index contributed by atoms with van der Waals surface area (Å²) in [6, 6.07) is 1.95. The van der Waals surface area contributed by atoms with Gasteiger partial charge in [-0.05, 0) is 31.4 Å². The molecule has 1 saturated heterocycles. The van der Waals surface area contributed by atoms with Gasteiger partial charge in [0.2, 0.25) is 0 Å². The average Bonchev–Trinajstić information content (AvgIpc) is 2.62. The van der Waals surface area contributed by atoms with E-state index in [-0.39, 0.29) is 18.5 Å². The lowest BCUT2D eigenvalue weighted by Gasteiger charge is -2.31. The van der Waals surface area contributed by atoms with Gasteiger partial charge >= 0.3 is 0 Å². The highest BCUT2D eigenvalue weighted by Gasteiger charge is 2.25. The predicted octanol–water partition coefficient (Wildman–Crippen LogP) is 1.42. The third-order valence-electron chi connectivity index (χ3n) is 3.77. The van der Waals surface area contributed by atoms with Crippen LogP contribution < -0.4 is 10.6 Å². The van der Waals surface area contributed by atoms with Gasteiger partial charge in [0.1, 0.15) is 11.7 Å². The SMILES string of the molecule is Cc1ccnc(N2CCCCCC2CO)c1C(=N)N. The number of hydrogen-bond acceptors (Lipinski definition) is 4. The van der Waals surface area contributed by atoms with Crippen LogP contribution in [0.3, 0.4) is 0 Å². The first-order valence-electron chi connectivity index (χ1n) is 6.82. The van der Waals surface area contributed by atoms with Crippen LogP contribution in [0.4, 0.5) is 5.82 Å². The van der Waals surface area contributed by atoms with Crippen LogP contribution in [0.1, 0.15) is 36.8 Å². The van der Waals surface area contributed by atoms with E-state index in [1.807, 2.05) is 13.0 Å². The van der Waals surface area contributed by atoms with Crippen molar-refractivity contribution in [2.75, 3.05) is 18.1 Å². The first-order valence-corrected chi connectivity index (χ1v) is 6.82. The monoisotopic (exact) mass is 262 g/mol.